The normalized spacial score (nSPS) is 9.11. The number of rotatable bonds is 4. The van der Waals surface area contributed by atoms with Crippen molar-refractivity contribution in [3.63, 3.8) is 0 Å². The summed E-state index contributed by atoms with van der Waals surface area (Å²) >= 11 is 0. The van der Waals surface area contributed by atoms with Crippen LogP contribution >= 0.6 is 0 Å². The average molecular weight is 134 g/mol. The first kappa shape index (κ1) is 8.39. The van der Waals surface area contributed by atoms with Crippen molar-refractivity contribution in [3.8, 4) is 0 Å². The van der Waals surface area contributed by atoms with Gasteiger partial charge < -0.3 is 14.6 Å². The van der Waals surface area contributed by atoms with Crippen LogP contribution in [0.1, 0.15) is 6.92 Å². The van der Waals surface area contributed by atoms with Gasteiger partial charge in [-0.2, -0.15) is 0 Å². The number of carbonyl (C=O) groups is 1. The van der Waals surface area contributed by atoms with Crippen molar-refractivity contribution in [1.82, 2.24) is 0 Å². The fourth-order valence-corrected chi connectivity index (χ4v) is 0.248. The van der Waals surface area contributed by atoms with E-state index in [9.17, 15) is 4.79 Å². The van der Waals surface area contributed by atoms with Crippen molar-refractivity contribution in [1.29, 1.82) is 0 Å². The Morgan fingerprint density at radius 3 is 2.78 bits per heavy atom. The van der Waals surface area contributed by atoms with Crippen LogP contribution < -0.4 is 0 Å². The van der Waals surface area contributed by atoms with Gasteiger partial charge in [-0.25, -0.2) is 0 Å². The molecule has 0 saturated heterocycles. The van der Waals surface area contributed by atoms with Crippen molar-refractivity contribution in [2.24, 2.45) is 0 Å². The van der Waals surface area contributed by atoms with Gasteiger partial charge in [-0.05, 0) is 0 Å². The molecule has 0 aromatic heterocycles. The number of esters is 1. The van der Waals surface area contributed by atoms with E-state index in [2.05, 4.69) is 9.47 Å². The number of carbonyl (C=O) groups excluding carboxylic acids is 1. The molecule has 0 heterocycles. The Kier molecular flexibility index (Phi) is 5.15. The SMILES string of the molecule is CC(=O)OCOCCO. The Hall–Kier alpha value is -0.610. The largest absolute Gasteiger partial charge is 0.439 e. The van der Waals surface area contributed by atoms with Crippen molar-refractivity contribution in [2.75, 3.05) is 20.0 Å². The number of hydrogen-bond donors (Lipinski definition) is 1. The fraction of sp³-hybridized carbons (Fsp3) is 0.800. The van der Waals surface area contributed by atoms with Crippen molar-refractivity contribution in [2.45, 2.75) is 6.92 Å². The summed E-state index contributed by atoms with van der Waals surface area (Å²) in [6.07, 6.45) is 0. The van der Waals surface area contributed by atoms with Crippen molar-refractivity contribution >= 4 is 5.97 Å². The monoisotopic (exact) mass is 134 g/mol. The minimum Gasteiger partial charge on any atom is -0.439 e. The highest BCUT2D eigenvalue weighted by atomic mass is 16.7. The average Bonchev–Trinajstić information content (AvgIpc) is 1.80. The molecule has 9 heavy (non-hydrogen) atoms. The van der Waals surface area contributed by atoms with E-state index in [1.165, 1.54) is 6.92 Å². The van der Waals surface area contributed by atoms with Gasteiger partial charge in [0.25, 0.3) is 0 Å². The molecule has 0 radical (unpaired) electrons. The quantitative estimate of drug-likeness (QED) is 0.320. The Balaban J connectivity index is 2.83. The standard InChI is InChI=1S/C5H10O4/c1-5(7)9-4-8-3-2-6/h6H,2-4H2,1H3. The number of aliphatic hydroxyl groups excluding tert-OH is 1. The van der Waals surface area contributed by atoms with Crippen LogP contribution in [0.2, 0.25) is 0 Å². The van der Waals surface area contributed by atoms with Crippen LogP contribution in [0.4, 0.5) is 0 Å². The smallest absolute Gasteiger partial charge is 0.304 e. The summed E-state index contributed by atoms with van der Waals surface area (Å²) in [5.41, 5.74) is 0. The third-order valence-corrected chi connectivity index (χ3v) is 0.581. The second-order valence-corrected chi connectivity index (χ2v) is 1.39. The summed E-state index contributed by atoms with van der Waals surface area (Å²) in [6, 6.07) is 0. The van der Waals surface area contributed by atoms with Gasteiger partial charge in [0.05, 0.1) is 13.2 Å². The lowest BCUT2D eigenvalue weighted by Crippen LogP contribution is -2.06. The zero-order valence-electron chi connectivity index (χ0n) is 5.29. The Morgan fingerprint density at radius 2 is 2.33 bits per heavy atom. The maximum atomic E-state index is 10.0. The fourth-order valence-electron chi connectivity index (χ4n) is 0.248. The molecule has 54 valence electrons. The highest BCUT2D eigenvalue weighted by Crippen LogP contribution is 1.77. The van der Waals surface area contributed by atoms with Crippen molar-refractivity contribution < 1.29 is 19.4 Å². The zero-order valence-corrected chi connectivity index (χ0v) is 5.29. The van der Waals surface area contributed by atoms with E-state index < -0.39 is 0 Å². The molecular formula is C5H10O4. The topological polar surface area (TPSA) is 55.8 Å². The molecule has 0 saturated carbocycles. The van der Waals surface area contributed by atoms with Crippen LogP contribution in [0, 0.1) is 0 Å². The van der Waals surface area contributed by atoms with E-state index in [0.29, 0.717) is 0 Å². The maximum Gasteiger partial charge on any atom is 0.304 e. The lowest BCUT2D eigenvalue weighted by Gasteiger charge is -2.00. The van der Waals surface area contributed by atoms with Crippen molar-refractivity contribution in [3.05, 3.63) is 0 Å². The van der Waals surface area contributed by atoms with Gasteiger partial charge in [0.15, 0.2) is 6.79 Å². The summed E-state index contributed by atoms with van der Waals surface area (Å²) in [6.45, 7) is 1.37. The van der Waals surface area contributed by atoms with Crippen LogP contribution in [-0.4, -0.2) is 31.1 Å². The molecule has 0 aromatic rings. The van der Waals surface area contributed by atoms with E-state index in [1.807, 2.05) is 0 Å². The van der Waals surface area contributed by atoms with E-state index in [-0.39, 0.29) is 26.0 Å². The molecule has 0 fully saturated rings. The summed E-state index contributed by atoms with van der Waals surface area (Å²) in [7, 11) is 0. The molecule has 0 amide bonds. The molecule has 0 unspecified atom stereocenters. The van der Waals surface area contributed by atoms with Gasteiger partial charge in [-0.15, -0.1) is 0 Å². The summed E-state index contributed by atoms with van der Waals surface area (Å²) in [4.78, 5) is 10.0. The molecule has 0 spiro atoms. The first-order valence-corrected chi connectivity index (χ1v) is 2.59. The predicted molar refractivity (Wildman–Crippen MR) is 29.7 cm³/mol. The summed E-state index contributed by atoms with van der Waals surface area (Å²) < 4.78 is 8.97. The molecule has 0 rings (SSSR count). The molecule has 1 N–H and O–H groups in total. The van der Waals surface area contributed by atoms with Crippen LogP contribution in [-0.2, 0) is 14.3 Å². The molecule has 0 aromatic carbocycles. The second-order valence-electron chi connectivity index (χ2n) is 1.39. The summed E-state index contributed by atoms with van der Waals surface area (Å²) in [5, 5.41) is 8.17. The van der Waals surface area contributed by atoms with Gasteiger partial charge in [-0.3, -0.25) is 4.79 Å². The molecule has 4 nitrogen and oxygen atoms in total. The van der Waals surface area contributed by atoms with Gasteiger partial charge in [0.2, 0.25) is 0 Å². The first-order chi connectivity index (χ1) is 4.27. The maximum absolute atomic E-state index is 10.0. The van der Waals surface area contributed by atoms with Gasteiger partial charge in [0, 0.05) is 6.92 Å². The molecule has 4 heteroatoms. The molecule has 0 aliphatic rings. The van der Waals surface area contributed by atoms with Crippen LogP contribution in [0.25, 0.3) is 0 Å². The molecule has 0 aliphatic carbocycles. The Morgan fingerprint density at radius 1 is 1.67 bits per heavy atom. The van der Waals surface area contributed by atoms with E-state index in [1.54, 1.807) is 0 Å². The first-order valence-electron chi connectivity index (χ1n) is 2.59. The zero-order chi connectivity index (χ0) is 7.11. The van der Waals surface area contributed by atoms with E-state index in [4.69, 9.17) is 5.11 Å². The molecule has 0 aliphatic heterocycles. The number of hydrogen-bond acceptors (Lipinski definition) is 4. The minimum atomic E-state index is -0.382. The molecule has 0 bridgehead atoms. The van der Waals surface area contributed by atoms with Gasteiger partial charge in [0.1, 0.15) is 0 Å². The highest BCUT2D eigenvalue weighted by Gasteiger charge is 1.89. The third-order valence-electron chi connectivity index (χ3n) is 0.581. The summed E-state index contributed by atoms with van der Waals surface area (Å²) in [5.74, 6) is -0.382. The van der Waals surface area contributed by atoms with Crippen LogP contribution in [0.5, 0.6) is 0 Å². The van der Waals surface area contributed by atoms with E-state index >= 15 is 0 Å². The predicted octanol–water partition coefficient (Wildman–Crippen LogP) is -0.484. The Labute approximate surface area is 53.4 Å². The van der Waals surface area contributed by atoms with Crippen LogP contribution in [0.15, 0.2) is 0 Å². The van der Waals surface area contributed by atoms with Crippen LogP contribution in [0.3, 0.4) is 0 Å². The second kappa shape index (κ2) is 5.53. The molecule has 0 atom stereocenters. The Bertz CT molecular complexity index is 81.0. The van der Waals surface area contributed by atoms with Gasteiger partial charge in [-0.1, -0.05) is 0 Å². The lowest BCUT2D eigenvalue weighted by atomic mass is 10.8. The third kappa shape index (κ3) is 7.39. The number of aliphatic hydroxyl groups is 1. The molecular weight excluding hydrogens is 124 g/mol. The minimum absolute atomic E-state index is 0.0543. The van der Waals surface area contributed by atoms with E-state index in [0.717, 1.165) is 0 Å². The highest BCUT2D eigenvalue weighted by molar-refractivity contribution is 5.65. The number of ether oxygens (including phenoxy) is 2. The lowest BCUT2D eigenvalue weighted by molar-refractivity contribution is -0.154. The van der Waals surface area contributed by atoms with Gasteiger partial charge >= 0.3 is 5.97 Å².